The molecule has 9 heteroatoms. The van der Waals surface area contributed by atoms with Gasteiger partial charge in [-0.1, -0.05) is 19.8 Å². The summed E-state index contributed by atoms with van der Waals surface area (Å²) in [5.74, 6) is -0.392. The molecular formula is C16H26N4O4S. The molecule has 0 bridgehead atoms. The first-order valence-corrected chi connectivity index (χ1v) is 9.81. The minimum atomic E-state index is -3.37. The zero-order chi connectivity index (χ0) is 19.0. The highest BCUT2D eigenvalue weighted by Gasteiger charge is 2.19. The van der Waals surface area contributed by atoms with Crippen molar-refractivity contribution in [3.63, 3.8) is 0 Å². The fraction of sp³-hybridized carbons (Fsp3) is 0.500. The minimum absolute atomic E-state index is 0.0250. The molecule has 1 aromatic carbocycles. The lowest BCUT2D eigenvalue weighted by atomic mass is 10.1. The van der Waals surface area contributed by atoms with Crippen LogP contribution in [0, 0.1) is 6.92 Å². The van der Waals surface area contributed by atoms with Crippen LogP contribution in [0.3, 0.4) is 0 Å². The van der Waals surface area contributed by atoms with Crippen LogP contribution >= 0.6 is 0 Å². The SMILES string of the molecule is CCCC[C@H](NC(N)=O)C(=O)Nc1ccc(NS(=O)(=O)CC)c(C)c1. The molecule has 0 aliphatic carbocycles. The van der Waals surface area contributed by atoms with Crippen molar-refractivity contribution < 1.29 is 18.0 Å². The minimum Gasteiger partial charge on any atom is -0.352 e. The number of hydrogen-bond acceptors (Lipinski definition) is 4. The van der Waals surface area contributed by atoms with Gasteiger partial charge in [-0.3, -0.25) is 9.52 Å². The van der Waals surface area contributed by atoms with Crippen LogP contribution < -0.4 is 21.1 Å². The van der Waals surface area contributed by atoms with E-state index in [0.29, 0.717) is 23.4 Å². The number of urea groups is 1. The van der Waals surface area contributed by atoms with E-state index < -0.39 is 22.1 Å². The Morgan fingerprint density at radius 1 is 1.24 bits per heavy atom. The van der Waals surface area contributed by atoms with Crippen LogP contribution in [0.2, 0.25) is 0 Å². The number of unbranched alkanes of at least 4 members (excludes halogenated alkanes) is 1. The summed E-state index contributed by atoms with van der Waals surface area (Å²) in [5.41, 5.74) is 6.75. The van der Waals surface area contributed by atoms with Crippen LogP contribution in [0.1, 0.15) is 38.7 Å². The second kappa shape index (κ2) is 9.26. The third-order valence-corrected chi connectivity index (χ3v) is 4.91. The Bertz CT molecular complexity index is 719. The first-order chi connectivity index (χ1) is 11.7. The molecule has 140 valence electrons. The molecule has 0 saturated carbocycles. The molecule has 5 N–H and O–H groups in total. The van der Waals surface area contributed by atoms with E-state index in [1.807, 2.05) is 6.92 Å². The van der Waals surface area contributed by atoms with E-state index in [9.17, 15) is 18.0 Å². The number of anilines is 2. The van der Waals surface area contributed by atoms with Gasteiger partial charge in [0.2, 0.25) is 15.9 Å². The third-order valence-electron chi connectivity index (χ3n) is 3.62. The monoisotopic (exact) mass is 370 g/mol. The molecule has 0 radical (unpaired) electrons. The molecule has 0 spiro atoms. The first-order valence-electron chi connectivity index (χ1n) is 8.16. The normalized spacial score (nSPS) is 12.3. The van der Waals surface area contributed by atoms with Crippen LogP contribution in [0.5, 0.6) is 0 Å². The third kappa shape index (κ3) is 7.00. The van der Waals surface area contributed by atoms with E-state index >= 15 is 0 Å². The van der Waals surface area contributed by atoms with Crippen LogP contribution in [0.15, 0.2) is 18.2 Å². The van der Waals surface area contributed by atoms with E-state index in [2.05, 4.69) is 15.4 Å². The molecule has 25 heavy (non-hydrogen) atoms. The summed E-state index contributed by atoms with van der Waals surface area (Å²) in [6, 6.07) is 3.38. The number of sulfonamides is 1. The number of benzene rings is 1. The Hall–Kier alpha value is -2.29. The number of carbonyl (C=O) groups is 2. The molecule has 0 unspecified atom stereocenters. The summed E-state index contributed by atoms with van der Waals surface area (Å²) in [5, 5.41) is 5.15. The van der Waals surface area contributed by atoms with Gasteiger partial charge in [0, 0.05) is 5.69 Å². The van der Waals surface area contributed by atoms with Crippen molar-refractivity contribution in [2.45, 2.75) is 46.1 Å². The van der Waals surface area contributed by atoms with Crippen molar-refractivity contribution in [1.82, 2.24) is 5.32 Å². The fourth-order valence-corrected chi connectivity index (χ4v) is 2.88. The Morgan fingerprint density at radius 3 is 2.44 bits per heavy atom. The predicted molar refractivity (Wildman–Crippen MR) is 98.9 cm³/mol. The largest absolute Gasteiger partial charge is 0.352 e. The lowest BCUT2D eigenvalue weighted by Gasteiger charge is -2.18. The number of hydrogen-bond donors (Lipinski definition) is 4. The molecule has 1 aromatic rings. The number of nitrogens with two attached hydrogens (primary N) is 1. The van der Waals surface area contributed by atoms with Crippen molar-refractivity contribution in [3.05, 3.63) is 23.8 Å². The van der Waals surface area contributed by atoms with E-state index in [0.717, 1.165) is 12.8 Å². The second-order valence-corrected chi connectivity index (χ2v) is 7.74. The number of amides is 3. The van der Waals surface area contributed by atoms with Gasteiger partial charge in [0.1, 0.15) is 6.04 Å². The smallest absolute Gasteiger partial charge is 0.312 e. The summed E-state index contributed by atoms with van der Waals surface area (Å²) in [4.78, 5) is 23.4. The predicted octanol–water partition coefficient (Wildman–Crippen LogP) is 1.92. The van der Waals surface area contributed by atoms with E-state index in [1.165, 1.54) is 0 Å². The number of nitrogens with one attached hydrogen (secondary N) is 3. The van der Waals surface area contributed by atoms with Gasteiger partial charge in [-0.15, -0.1) is 0 Å². The second-order valence-electron chi connectivity index (χ2n) is 5.73. The van der Waals surface area contributed by atoms with Crippen molar-refractivity contribution in [3.8, 4) is 0 Å². The quantitative estimate of drug-likeness (QED) is 0.529. The maximum Gasteiger partial charge on any atom is 0.312 e. The van der Waals surface area contributed by atoms with Crippen LogP contribution in [-0.4, -0.2) is 32.2 Å². The summed E-state index contributed by atoms with van der Waals surface area (Å²) in [6.45, 7) is 5.27. The number of rotatable bonds is 9. The highest BCUT2D eigenvalue weighted by Crippen LogP contribution is 2.21. The molecule has 1 atom stereocenters. The molecule has 0 heterocycles. The molecule has 1 rings (SSSR count). The van der Waals surface area contributed by atoms with Crippen molar-refractivity contribution in [2.24, 2.45) is 5.73 Å². The van der Waals surface area contributed by atoms with Gasteiger partial charge < -0.3 is 16.4 Å². The first kappa shape index (κ1) is 20.8. The zero-order valence-corrected chi connectivity index (χ0v) is 15.6. The number of aryl methyl sites for hydroxylation is 1. The molecule has 0 aromatic heterocycles. The van der Waals surface area contributed by atoms with E-state index in [-0.39, 0.29) is 11.7 Å². The molecule has 0 aliphatic rings. The molecular weight excluding hydrogens is 344 g/mol. The Kier molecular flexibility index (Phi) is 7.69. The summed E-state index contributed by atoms with van der Waals surface area (Å²) in [7, 11) is -3.37. The summed E-state index contributed by atoms with van der Waals surface area (Å²) < 4.78 is 25.8. The average Bonchev–Trinajstić information content (AvgIpc) is 2.53. The van der Waals surface area contributed by atoms with Gasteiger partial charge >= 0.3 is 6.03 Å². The molecule has 8 nitrogen and oxygen atoms in total. The molecule has 0 fully saturated rings. The highest BCUT2D eigenvalue weighted by atomic mass is 32.2. The van der Waals surface area contributed by atoms with Crippen LogP contribution in [0.4, 0.5) is 16.2 Å². The van der Waals surface area contributed by atoms with Gasteiger partial charge in [0.05, 0.1) is 11.4 Å². The maximum absolute atomic E-state index is 12.3. The van der Waals surface area contributed by atoms with Crippen molar-refractivity contribution >= 4 is 33.3 Å². The summed E-state index contributed by atoms with van der Waals surface area (Å²) >= 11 is 0. The topological polar surface area (TPSA) is 130 Å². The van der Waals surface area contributed by atoms with E-state index in [1.54, 1.807) is 32.0 Å². The molecule has 0 aliphatic heterocycles. The number of primary amides is 1. The van der Waals surface area contributed by atoms with Gasteiger partial charge in [-0.05, 0) is 44.0 Å². The lowest BCUT2D eigenvalue weighted by Crippen LogP contribution is -2.46. The molecule has 0 saturated heterocycles. The highest BCUT2D eigenvalue weighted by molar-refractivity contribution is 7.92. The van der Waals surface area contributed by atoms with Gasteiger partial charge in [-0.25, -0.2) is 13.2 Å². The standard InChI is InChI=1S/C16H26N4O4S/c1-4-6-7-14(19-16(17)22)15(21)18-12-8-9-13(11(3)10-12)20-25(23,24)5-2/h8-10,14,20H,4-7H2,1-3H3,(H,18,21)(H3,17,19,22)/t14-/m0/s1. The lowest BCUT2D eigenvalue weighted by molar-refractivity contribution is -0.118. The van der Waals surface area contributed by atoms with Gasteiger partial charge in [-0.2, -0.15) is 0 Å². The Balaban J connectivity index is 2.85. The average molecular weight is 370 g/mol. The van der Waals surface area contributed by atoms with Crippen LogP contribution in [-0.2, 0) is 14.8 Å². The fourth-order valence-electron chi connectivity index (χ4n) is 2.17. The van der Waals surface area contributed by atoms with E-state index in [4.69, 9.17) is 5.73 Å². The van der Waals surface area contributed by atoms with Gasteiger partial charge in [0.25, 0.3) is 0 Å². The Morgan fingerprint density at radius 2 is 1.92 bits per heavy atom. The Labute approximate surface area is 148 Å². The summed E-state index contributed by atoms with van der Waals surface area (Å²) in [6.07, 6.45) is 2.14. The molecule has 3 amide bonds. The maximum atomic E-state index is 12.3. The van der Waals surface area contributed by atoms with Crippen molar-refractivity contribution in [2.75, 3.05) is 15.8 Å². The van der Waals surface area contributed by atoms with Gasteiger partial charge in [0.15, 0.2) is 0 Å². The zero-order valence-electron chi connectivity index (χ0n) is 14.8. The van der Waals surface area contributed by atoms with Crippen molar-refractivity contribution in [1.29, 1.82) is 0 Å². The number of carbonyl (C=O) groups excluding carboxylic acids is 2. The van der Waals surface area contributed by atoms with Crippen LogP contribution in [0.25, 0.3) is 0 Å².